The van der Waals surface area contributed by atoms with Gasteiger partial charge < -0.3 is 0 Å². The van der Waals surface area contributed by atoms with E-state index in [4.69, 9.17) is 11.6 Å². The minimum absolute atomic E-state index is 0.0450. The van der Waals surface area contributed by atoms with E-state index in [-0.39, 0.29) is 11.7 Å². The summed E-state index contributed by atoms with van der Waals surface area (Å²) in [6.07, 6.45) is 3.24. The van der Waals surface area contributed by atoms with Crippen molar-refractivity contribution in [2.45, 2.75) is 0 Å². The standard InChI is InChI=1S/C10H9ClO/c11-8-10(12)7-6-9-4-2-1-3-5-9/h1-7H,8H2/b7-6+. The zero-order valence-corrected chi connectivity index (χ0v) is 7.29. The van der Waals surface area contributed by atoms with Crippen molar-refractivity contribution in [3.8, 4) is 0 Å². The van der Waals surface area contributed by atoms with E-state index >= 15 is 0 Å². The third-order valence-electron chi connectivity index (χ3n) is 1.39. The van der Waals surface area contributed by atoms with Crippen LogP contribution in [0.2, 0.25) is 0 Å². The fourth-order valence-electron chi connectivity index (χ4n) is 0.798. The van der Waals surface area contributed by atoms with Gasteiger partial charge in [0.15, 0.2) is 5.78 Å². The summed E-state index contributed by atoms with van der Waals surface area (Å²) < 4.78 is 0. The molecular weight excluding hydrogens is 172 g/mol. The van der Waals surface area contributed by atoms with Gasteiger partial charge in [-0.3, -0.25) is 4.79 Å². The van der Waals surface area contributed by atoms with E-state index in [0.717, 1.165) is 5.56 Å². The van der Waals surface area contributed by atoms with E-state index in [9.17, 15) is 4.79 Å². The molecule has 0 saturated heterocycles. The lowest BCUT2D eigenvalue weighted by Gasteiger charge is -1.89. The van der Waals surface area contributed by atoms with Gasteiger partial charge in [-0.05, 0) is 11.6 Å². The van der Waals surface area contributed by atoms with Gasteiger partial charge in [-0.25, -0.2) is 0 Å². The molecule has 0 spiro atoms. The number of benzene rings is 1. The Morgan fingerprint density at radius 1 is 1.33 bits per heavy atom. The molecule has 0 radical (unpaired) electrons. The predicted octanol–water partition coefficient (Wildman–Crippen LogP) is 2.51. The van der Waals surface area contributed by atoms with Crippen molar-refractivity contribution < 1.29 is 4.79 Å². The molecular formula is C10H9ClO. The Balaban J connectivity index is 2.64. The van der Waals surface area contributed by atoms with Gasteiger partial charge in [-0.1, -0.05) is 36.4 Å². The topological polar surface area (TPSA) is 17.1 Å². The Kier molecular flexibility index (Phi) is 3.55. The zero-order valence-electron chi connectivity index (χ0n) is 6.53. The second kappa shape index (κ2) is 4.73. The minimum atomic E-state index is -0.0690. The number of hydrogen-bond donors (Lipinski definition) is 0. The molecule has 1 nitrogen and oxygen atoms in total. The molecule has 62 valence electrons. The van der Waals surface area contributed by atoms with Crippen LogP contribution in [0.1, 0.15) is 5.56 Å². The fraction of sp³-hybridized carbons (Fsp3) is 0.100. The van der Waals surface area contributed by atoms with Gasteiger partial charge in [-0.15, -0.1) is 11.6 Å². The number of hydrogen-bond acceptors (Lipinski definition) is 1. The first-order valence-corrected chi connectivity index (χ1v) is 4.18. The molecule has 0 bridgehead atoms. The van der Waals surface area contributed by atoms with Crippen molar-refractivity contribution in [1.82, 2.24) is 0 Å². The van der Waals surface area contributed by atoms with Gasteiger partial charge in [0.05, 0.1) is 5.88 Å². The van der Waals surface area contributed by atoms with Gasteiger partial charge in [0.2, 0.25) is 0 Å². The lowest BCUT2D eigenvalue weighted by atomic mass is 10.2. The Hall–Kier alpha value is -1.08. The van der Waals surface area contributed by atoms with Gasteiger partial charge in [-0.2, -0.15) is 0 Å². The number of ketones is 1. The van der Waals surface area contributed by atoms with Crippen LogP contribution in [-0.4, -0.2) is 11.7 Å². The maximum atomic E-state index is 10.8. The smallest absolute Gasteiger partial charge is 0.170 e. The lowest BCUT2D eigenvalue weighted by Crippen LogP contribution is -1.91. The van der Waals surface area contributed by atoms with Crippen molar-refractivity contribution in [2.24, 2.45) is 0 Å². The quantitative estimate of drug-likeness (QED) is 0.516. The normalized spacial score (nSPS) is 10.4. The molecule has 0 aliphatic rings. The molecule has 0 atom stereocenters. The summed E-state index contributed by atoms with van der Waals surface area (Å²) >= 11 is 5.32. The summed E-state index contributed by atoms with van der Waals surface area (Å²) in [5.74, 6) is -0.0240. The lowest BCUT2D eigenvalue weighted by molar-refractivity contribution is -0.112. The first kappa shape index (κ1) is 9.01. The molecule has 0 unspecified atom stereocenters. The highest BCUT2D eigenvalue weighted by atomic mass is 35.5. The number of rotatable bonds is 3. The van der Waals surface area contributed by atoms with E-state index in [1.54, 1.807) is 6.08 Å². The summed E-state index contributed by atoms with van der Waals surface area (Å²) in [6.45, 7) is 0. The molecule has 0 aliphatic carbocycles. The van der Waals surface area contributed by atoms with Crippen molar-refractivity contribution in [3.05, 3.63) is 42.0 Å². The molecule has 0 N–H and O–H groups in total. The van der Waals surface area contributed by atoms with Gasteiger partial charge in [0, 0.05) is 0 Å². The summed E-state index contributed by atoms with van der Waals surface area (Å²) in [5.41, 5.74) is 1.01. The summed E-state index contributed by atoms with van der Waals surface area (Å²) in [6, 6.07) is 9.63. The molecule has 1 aromatic rings. The maximum Gasteiger partial charge on any atom is 0.170 e. The van der Waals surface area contributed by atoms with E-state index in [2.05, 4.69) is 0 Å². The van der Waals surface area contributed by atoms with Crippen LogP contribution in [0.5, 0.6) is 0 Å². The highest BCUT2D eigenvalue weighted by molar-refractivity contribution is 6.29. The molecule has 0 aliphatic heterocycles. The van der Waals surface area contributed by atoms with Crippen LogP contribution in [0.4, 0.5) is 0 Å². The van der Waals surface area contributed by atoms with E-state index < -0.39 is 0 Å². The molecule has 0 fully saturated rings. The number of carbonyl (C=O) groups is 1. The Bertz CT molecular complexity index is 277. The van der Waals surface area contributed by atoms with Crippen LogP contribution in [-0.2, 0) is 4.79 Å². The third kappa shape index (κ3) is 2.89. The van der Waals surface area contributed by atoms with Crippen molar-refractivity contribution >= 4 is 23.5 Å². The average Bonchev–Trinajstić information content (AvgIpc) is 2.16. The van der Waals surface area contributed by atoms with E-state index in [0.29, 0.717) is 0 Å². The monoisotopic (exact) mass is 180 g/mol. The summed E-state index contributed by atoms with van der Waals surface area (Å²) in [4.78, 5) is 10.8. The molecule has 12 heavy (non-hydrogen) atoms. The molecule has 2 heteroatoms. The molecule has 0 heterocycles. The predicted molar refractivity (Wildman–Crippen MR) is 51.2 cm³/mol. The fourth-order valence-corrected chi connectivity index (χ4v) is 0.887. The minimum Gasteiger partial charge on any atom is -0.294 e. The van der Waals surface area contributed by atoms with Gasteiger partial charge in [0.25, 0.3) is 0 Å². The largest absolute Gasteiger partial charge is 0.294 e. The van der Waals surface area contributed by atoms with Crippen molar-refractivity contribution in [3.63, 3.8) is 0 Å². The van der Waals surface area contributed by atoms with E-state index in [1.165, 1.54) is 6.08 Å². The second-order valence-electron chi connectivity index (χ2n) is 2.34. The van der Waals surface area contributed by atoms with Crippen molar-refractivity contribution in [1.29, 1.82) is 0 Å². The maximum absolute atomic E-state index is 10.8. The van der Waals surface area contributed by atoms with Crippen molar-refractivity contribution in [2.75, 3.05) is 5.88 Å². The average molecular weight is 181 g/mol. The molecule has 1 rings (SSSR count). The number of carbonyl (C=O) groups excluding carboxylic acids is 1. The zero-order chi connectivity index (χ0) is 8.81. The molecule has 0 amide bonds. The van der Waals surface area contributed by atoms with Crippen LogP contribution < -0.4 is 0 Å². The summed E-state index contributed by atoms with van der Waals surface area (Å²) in [7, 11) is 0. The highest BCUT2D eigenvalue weighted by Crippen LogP contribution is 2.00. The Labute approximate surface area is 76.7 Å². The Morgan fingerprint density at radius 3 is 2.58 bits per heavy atom. The van der Waals surface area contributed by atoms with E-state index in [1.807, 2.05) is 30.3 Å². The van der Waals surface area contributed by atoms with Crippen LogP contribution in [0, 0.1) is 0 Å². The molecule has 1 aromatic carbocycles. The van der Waals surface area contributed by atoms with Crippen LogP contribution in [0.15, 0.2) is 36.4 Å². The SMILES string of the molecule is O=C(/C=C/c1ccccc1)CCl. The summed E-state index contributed by atoms with van der Waals surface area (Å²) in [5, 5.41) is 0. The molecule has 0 saturated carbocycles. The second-order valence-corrected chi connectivity index (χ2v) is 2.61. The number of allylic oxidation sites excluding steroid dienone is 1. The number of alkyl halides is 1. The first-order chi connectivity index (χ1) is 5.83. The highest BCUT2D eigenvalue weighted by Gasteiger charge is 1.90. The Morgan fingerprint density at radius 2 is 2.00 bits per heavy atom. The first-order valence-electron chi connectivity index (χ1n) is 3.65. The molecule has 0 aromatic heterocycles. The van der Waals surface area contributed by atoms with Crippen LogP contribution in [0.3, 0.4) is 0 Å². The third-order valence-corrected chi connectivity index (χ3v) is 1.66. The van der Waals surface area contributed by atoms with Gasteiger partial charge >= 0.3 is 0 Å². The van der Waals surface area contributed by atoms with Gasteiger partial charge in [0.1, 0.15) is 0 Å². The van der Waals surface area contributed by atoms with Crippen LogP contribution >= 0.6 is 11.6 Å². The number of halogens is 1. The van der Waals surface area contributed by atoms with Crippen LogP contribution in [0.25, 0.3) is 6.08 Å².